The van der Waals surface area contributed by atoms with E-state index >= 15 is 0 Å². The Morgan fingerprint density at radius 2 is 1.42 bits per heavy atom. The fourth-order valence-corrected chi connectivity index (χ4v) is 8.69. The Morgan fingerprint density at radius 1 is 0.831 bits per heavy atom. The lowest BCUT2D eigenvalue weighted by atomic mass is 9.78. The number of rotatable bonds is 12. The molecule has 324 valence electrons. The molecule has 0 spiro atoms. The zero-order chi connectivity index (χ0) is 42.7. The number of piperidine rings is 1. The van der Waals surface area contributed by atoms with Crippen molar-refractivity contribution in [3.05, 3.63) is 83.2 Å². The van der Waals surface area contributed by atoms with Gasteiger partial charge in [0.2, 0.25) is 11.9 Å². The molecule has 9 nitrogen and oxygen atoms in total. The number of morpholine rings is 1. The Morgan fingerprint density at radius 3 is 1.98 bits per heavy atom. The number of likely N-dealkylation sites (tertiary alicyclic amines) is 1. The van der Waals surface area contributed by atoms with Gasteiger partial charge in [0.1, 0.15) is 0 Å². The van der Waals surface area contributed by atoms with E-state index in [1.165, 1.54) is 0 Å². The van der Waals surface area contributed by atoms with Gasteiger partial charge in [-0.3, -0.25) is 9.59 Å². The van der Waals surface area contributed by atoms with Crippen LogP contribution in [0.2, 0.25) is 0 Å². The van der Waals surface area contributed by atoms with Gasteiger partial charge in [-0.25, -0.2) is 9.97 Å². The van der Waals surface area contributed by atoms with Crippen molar-refractivity contribution in [3.8, 4) is 0 Å². The Kier molecular flexibility index (Phi) is 16.0. The molecule has 2 saturated heterocycles. The maximum Gasteiger partial charge on any atom is 0.416 e. The molecule has 0 bridgehead atoms. The molecule has 0 N–H and O–H groups in total. The number of amides is 1. The van der Waals surface area contributed by atoms with Crippen LogP contribution in [0.4, 0.5) is 38.0 Å². The van der Waals surface area contributed by atoms with Crippen LogP contribution in [0, 0.1) is 11.8 Å². The summed E-state index contributed by atoms with van der Waals surface area (Å²) in [7, 11) is 0. The number of nitrogens with zero attached hydrogens (tertiary/aromatic N) is 5. The van der Waals surface area contributed by atoms with Gasteiger partial charge >= 0.3 is 18.3 Å². The fourth-order valence-electron chi connectivity index (χ4n) is 8.69. The number of hydrogen-bond donors (Lipinski definition) is 0. The molecule has 59 heavy (non-hydrogen) atoms. The van der Waals surface area contributed by atoms with E-state index in [9.17, 15) is 35.9 Å². The molecule has 3 fully saturated rings. The van der Waals surface area contributed by atoms with Crippen LogP contribution in [0.15, 0.2) is 60.9 Å². The first-order valence-corrected chi connectivity index (χ1v) is 20.9. The van der Waals surface area contributed by atoms with Crippen LogP contribution in [0.25, 0.3) is 0 Å². The van der Waals surface area contributed by atoms with Crippen LogP contribution < -0.4 is 9.80 Å². The van der Waals surface area contributed by atoms with Crippen molar-refractivity contribution in [1.82, 2.24) is 14.9 Å². The molecule has 3 aromatic rings. The van der Waals surface area contributed by atoms with Gasteiger partial charge in [-0.15, -0.1) is 0 Å². The van der Waals surface area contributed by atoms with Crippen molar-refractivity contribution >= 4 is 23.5 Å². The average Bonchev–Trinajstić information content (AvgIpc) is 3.23. The molecule has 3 atom stereocenters. The summed E-state index contributed by atoms with van der Waals surface area (Å²) < 4.78 is 94.8. The first kappa shape index (κ1) is 45.7. The lowest BCUT2D eigenvalue weighted by Gasteiger charge is -2.49. The van der Waals surface area contributed by atoms with Crippen molar-refractivity contribution in [3.63, 3.8) is 0 Å². The standard InChI is InChI=1S/C42H51F6N5O4.C2H6/c1-3-34-23-35(24-36(20-28-8-6-5-7-9-28)53(34)39(55)31-12-10-29(11-13-31)21-38(54)57-4-2)52(40-49-25-37(26-50-40)51-14-16-56-17-15-51)27-30-18-32(41(43,44)45)22-33(19-30)42(46,47)48;1-2/h5-9,18-19,22,25-26,29,31,34-36H,3-4,10-17,20-21,23-24,27H2,1-2H3;1-2H3/t29?,31?,34-,35+,36+;/m1./s1. The van der Waals surface area contributed by atoms with Gasteiger partial charge in [0, 0.05) is 50.1 Å². The van der Waals surface area contributed by atoms with E-state index < -0.39 is 29.5 Å². The van der Waals surface area contributed by atoms with Gasteiger partial charge in [0.15, 0.2) is 0 Å². The number of ether oxygens (including phenoxy) is 2. The summed E-state index contributed by atoms with van der Waals surface area (Å²) in [5.41, 5.74) is -1.22. The highest BCUT2D eigenvalue weighted by Gasteiger charge is 2.44. The molecular weight excluding hydrogens is 777 g/mol. The molecule has 15 heteroatoms. The van der Waals surface area contributed by atoms with Crippen molar-refractivity contribution in [1.29, 1.82) is 0 Å². The second-order valence-electron chi connectivity index (χ2n) is 15.4. The SMILES string of the molecule is CC.CCOC(=O)CC1CCC(C(=O)N2[C@H](CC)C[C@H](N(Cc3cc(C(F)(F)F)cc(C(F)(F)F)c3)c3ncc(N4CCOCC4)cn3)C[C@@H]2Cc2ccccc2)CC1. The number of esters is 1. The van der Waals surface area contributed by atoms with Gasteiger partial charge in [0.05, 0.1) is 49.0 Å². The fraction of sp³-hybridized carbons (Fsp3) is 0.591. The topological polar surface area (TPSA) is 88.1 Å². The number of carbonyl (C=O) groups excluding carboxylic acids is 2. The minimum atomic E-state index is -5.01. The van der Waals surface area contributed by atoms with Crippen LogP contribution >= 0.6 is 0 Å². The minimum Gasteiger partial charge on any atom is -0.466 e. The summed E-state index contributed by atoms with van der Waals surface area (Å²) in [6, 6.07) is 10.3. The van der Waals surface area contributed by atoms with Gasteiger partial charge in [-0.05, 0) is 93.5 Å². The van der Waals surface area contributed by atoms with Crippen LogP contribution in [0.3, 0.4) is 0 Å². The molecular formula is C44H57F6N5O4. The first-order chi connectivity index (χ1) is 28.2. The second kappa shape index (κ2) is 20.7. The minimum absolute atomic E-state index is 0.0428. The summed E-state index contributed by atoms with van der Waals surface area (Å²) in [6.07, 6.45) is -1.80. The molecule has 0 radical (unpaired) electrons. The monoisotopic (exact) mass is 833 g/mol. The third kappa shape index (κ3) is 12.1. The highest BCUT2D eigenvalue weighted by molar-refractivity contribution is 5.80. The van der Waals surface area contributed by atoms with Crippen molar-refractivity contribution in [2.45, 2.75) is 123 Å². The summed E-state index contributed by atoms with van der Waals surface area (Å²) >= 11 is 0. The molecule has 3 heterocycles. The summed E-state index contributed by atoms with van der Waals surface area (Å²) in [5, 5.41) is 0. The maximum absolute atomic E-state index is 14.6. The van der Waals surface area contributed by atoms with Crippen LogP contribution in [0.5, 0.6) is 0 Å². The number of benzene rings is 2. The number of hydrogen-bond acceptors (Lipinski definition) is 8. The number of carbonyl (C=O) groups is 2. The molecule has 6 rings (SSSR count). The average molecular weight is 834 g/mol. The predicted molar refractivity (Wildman–Crippen MR) is 214 cm³/mol. The van der Waals surface area contributed by atoms with Gasteiger partial charge in [-0.2, -0.15) is 26.3 Å². The number of alkyl halides is 6. The Labute approximate surface area is 343 Å². The lowest BCUT2D eigenvalue weighted by Crippen LogP contribution is -2.59. The van der Waals surface area contributed by atoms with Crippen LogP contribution in [-0.2, 0) is 44.4 Å². The quantitative estimate of drug-likeness (QED) is 0.132. The lowest BCUT2D eigenvalue weighted by molar-refractivity contribution is -0.146. The molecule has 1 aliphatic carbocycles. The largest absolute Gasteiger partial charge is 0.466 e. The van der Waals surface area contributed by atoms with E-state index in [-0.39, 0.29) is 59.9 Å². The van der Waals surface area contributed by atoms with E-state index in [1.54, 1.807) is 24.2 Å². The summed E-state index contributed by atoms with van der Waals surface area (Å²) in [5.74, 6) is -0.0901. The maximum atomic E-state index is 14.6. The van der Waals surface area contributed by atoms with Gasteiger partial charge < -0.3 is 24.2 Å². The van der Waals surface area contributed by atoms with Crippen LogP contribution in [0.1, 0.15) is 101 Å². The molecule has 3 aliphatic rings. The van der Waals surface area contributed by atoms with Crippen molar-refractivity contribution in [2.75, 3.05) is 42.7 Å². The number of anilines is 2. The molecule has 1 aromatic heterocycles. The van der Waals surface area contributed by atoms with Gasteiger partial charge in [0.25, 0.3) is 0 Å². The van der Waals surface area contributed by atoms with Crippen LogP contribution in [-0.4, -0.2) is 77.8 Å². The van der Waals surface area contributed by atoms with E-state index in [2.05, 4.69) is 14.9 Å². The normalized spacial score (nSPS) is 22.6. The molecule has 1 saturated carbocycles. The first-order valence-electron chi connectivity index (χ1n) is 20.9. The Bertz CT molecular complexity index is 1750. The smallest absolute Gasteiger partial charge is 0.416 e. The Balaban J connectivity index is 0.00000326. The molecule has 0 unspecified atom stereocenters. The van der Waals surface area contributed by atoms with Crippen molar-refractivity contribution < 1.29 is 45.4 Å². The molecule has 2 aromatic carbocycles. The summed E-state index contributed by atoms with van der Waals surface area (Å²) in [6.45, 7) is 10.1. The van der Waals surface area contributed by atoms with Gasteiger partial charge in [-0.1, -0.05) is 51.1 Å². The van der Waals surface area contributed by atoms with E-state index in [0.29, 0.717) is 77.9 Å². The zero-order valence-electron chi connectivity index (χ0n) is 34.4. The highest BCUT2D eigenvalue weighted by atomic mass is 19.4. The summed E-state index contributed by atoms with van der Waals surface area (Å²) in [4.78, 5) is 41.9. The van der Waals surface area contributed by atoms with E-state index in [0.717, 1.165) is 36.2 Å². The van der Waals surface area contributed by atoms with Crippen molar-refractivity contribution in [2.24, 2.45) is 11.8 Å². The number of halogens is 6. The van der Waals surface area contributed by atoms with E-state index in [1.807, 2.05) is 56.0 Å². The highest BCUT2D eigenvalue weighted by Crippen LogP contribution is 2.40. The number of aromatic nitrogens is 2. The second-order valence-corrected chi connectivity index (χ2v) is 15.4. The zero-order valence-corrected chi connectivity index (χ0v) is 34.4. The molecule has 2 aliphatic heterocycles. The Hall–Kier alpha value is -4.40. The third-order valence-electron chi connectivity index (χ3n) is 11.6. The molecule has 1 amide bonds. The predicted octanol–water partition coefficient (Wildman–Crippen LogP) is 9.52. The third-order valence-corrected chi connectivity index (χ3v) is 11.6. The van der Waals surface area contributed by atoms with E-state index in [4.69, 9.17) is 9.47 Å².